The summed E-state index contributed by atoms with van der Waals surface area (Å²) < 4.78 is 12.0. The summed E-state index contributed by atoms with van der Waals surface area (Å²) >= 11 is 0. The van der Waals surface area contributed by atoms with Crippen LogP contribution in [0, 0.1) is 0 Å². The van der Waals surface area contributed by atoms with Crippen LogP contribution in [0.2, 0.25) is 0 Å². The number of rotatable bonds is 4. The zero-order valence-corrected chi connectivity index (χ0v) is 13.5. The van der Waals surface area contributed by atoms with E-state index in [1.165, 1.54) is 0 Å². The Morgan fingerprint density at radius 1 is 1.20 bits per heavy atom. The van der Waals surface area contributed by atoms with Gasteiger partial charge < -0.3 is 14.8 Å². The number of hydrogen-bond donors (Lipinski definition) is 1. The van der Waals surface area contributed by atoms with Crippen LogP contribution >= 0.6 is 0 Å². The van der Waals surface area contributed by atoms with E-state index >= 15 is 0 Å². The van der Waals surface area contributed by atoms with E-state index in [2.05, 4.69) is 39.1 Å². The minimum absolute atomic E-state index is 0.0883. The Hall–Kier alpha value is -1.22. The quantitative estimate of drug-likeness (QED) is 0.893. The van der Waals surface area contributed by atoms with Gasteiger partial charge in [-0.25, -0.2) is 0 Å². The Labute approximate surface area is 122 Å². The van der Waals surface area contributed by atoms with E-state index in [9.17, 15) is 0 Å². The van der Waals surface area contributed by atoms with Gasteiger partial charge in [-0.1, -0.05) is 12.1 Å². The molecule has 0 saturated carbocycles. The van der Waals surface area contributed by atoms with Crippen LogP contribution in [0.15, 0.2) is 24.3 Å². The third-order valence-corrected chi connectivity index (χ3v) is 3.65. The average Bonchev–Trinajstić information content (AvgIpc) is 2.48. The second-order valence-electron chi connectivity index (χ2n) is 7.03. The summed E-state index contributed by atoms with van der Waals surface area (Å²) in [6.45, 7) is 12.7. The Kier molecular flexibility index (Phi) is 4.01. The largest absolute Gasteiger partial charge is 0.489 e. The number of benzene rings is 1. The highest BCUT2D eigenvalue weighted by atomic mass is 16.5. The molecule has 1 atom stereocenters. The van der Waals surface area contributed by atoms with Crippen LogP contribution in [-0.4, -0.2) is 23.3 Å². The molecule has 0 spiro atoms. The Balaban J connectivity index is 2.18. The molecule has 3 heteroatoms. The molecule has 0 bridgehead atoms. The zero-order valence-electron chi connectivity index (χ0n) is 13.5. The number of hydrogen-bond acceptors (Lipinski definition) is 3. The van der Waals surface area contributed by atoms with Crippen molar-refractivity contribution in [3.05, 3.63) is 24.3 Å². The maximum atomic E-state index is 6.14. The lowest BCUT2D eigenvalue weighted by atomic mass is 9.94. The van der Waals surface area contributed by atoms with E-state index in [0.717, 1.165) is 17.9 Å². The van der Waals surface area contributed by atoms with Crippen molar-refractivity contribution >= 4 is 5.69 Å². The van der Waals surface area contributed by atoms with Gasteiger partial charge in [-0.3, -0.25) is 0 Å². The lowest BCUT2D eigenvalue weighted by molar-refractivity contribution is -0.0662. The van der Waals surface area contributed by atoms with Gasteiger partial charge in [-0.2, -0.15) is 0 Å². The van der Waals surface area contributed by atoms with Crippen molar-refractivity contribution in [1.29, 1.82) is 0 Å². The second kappa shape index (κ2) is 5.28. The number of para-hydroxylation sites is 2. The highest BCUT2D eigenvalue weighted by Gasteiger charge is 2.46. The minimum Gasteiger partial charge on any atom is -0.489 e. The molecule has 1 aliphatic rings. The minimum atomic E-state index is -0.186. The molecule has 1 saturated heterocycles. The molecule has 1 aromatic rings. The van der Waals surface area contributed by atoms with Gasteiger partial charge >= 0.3 is 0 Å². The van der Waals surface area contributed by atoms with Crippen molar-refractivity contribution in [2.45, 2.75) is 71.3 Å². The molecule has 1 fully saturated rings. The molecule has 20 heavy (non-hydrogen) atoms. The van der Waals surface area contributed by atoms with Gasteiger partial charge in [-0.15, -0.1) is 0 Å². The smallest absolute Gasteiger partial charge is 0.142 e. The lowest BCUT2D eigenvalue weighted by Crippen LogP contribution is -2.38. The molecule has 1 aromatic carbocycles. The zero-order chi connectivity index (χ0) is 15.0. The maximum Gasteiger partial charge on any atom is 0.142 e. The molecule has 0 amide bonds. The molecule has 0 aliphatic carbocycles. The van der Waals surface area contributed by atoms with Gasteiger partial charge in [0.25, 0.3) is 0 Å². The van der Waals surface area contributed by atoms with Gasteiger partial charge in [0.05, 0.1) is 29.0 Å². The third kappa shape index (κ3) is 3.45. The van der Waals surface area contributed by atoms with Crippen LogP contribution < -0.4 is 10.1 Å². The van der Waals surface area contributed by atoms with E-state index in [4.69, 9.17) is 9.47 Å². The average molecular weight is 277 g/mol. The van der Waals surface area contributed by atoms with E-state index in [-0.39, 0.29) is 23.3 Å². The maximum absolute atomic E-state index is 6.14. The Bertz CT molecular complexity index is 466. The molecular weight excluding hydrogens is 250 g/mol. The summed E-state index contributed by atoms with van der Waals surface area (Å²) in [4.78, 5) is 0. The Morgan fingerprint density at radius 2 is 1.85 bits per heavy atom. The molecule has 1 heterocycles. The van der Waals surface area contributed by atoms with Crippen molar-refractivity contribution in [3.63, 3.8) is 0 Å². The lowest BCUT2D eigenvalue weighted by Gasteiger charge is -2.29. The van der Waals surface area contributed by atoms with Crippen molar-refractivity contribution in [2.24, 2.45) is 0 Å². The molecular formula is C17H27NO2. The second-order valence-corrected chi connectivity index (χ2v) is 7.03. The standard InChI is InChI=1S/C17H27NO2/c1-12(2)19-14-10-8-7-9-13(14)18-15-11-16(3,4)20-17(15,5)6/h7-10,12,15,18H,11H2,1-6H3. The molecule has 112 valence electrons. The highest BCUT2D eigenvalue weighted by Crippen LogP contribution is 2.40. The summed E-state index contributed by atoms with van der Waals surface area (Å²) in [6, 6.07) is 8.39. The van der Waals surface area contributed by atoms with Crippen LogP contribution in [0.25, 0.3) is 0 Å². The predicted molar refractivity (Wildman–Crippen MR) is 83.5 cm³/mol. The first-order valence-corrected chi connectivity index (χ1v) is 7.42. The summed E-state index contributed by atoms with van der Waals surface area (Å²) in [7, 11) is 0. The van der Waals surface area contributed by atoms with Gasteiger partial charge in [0.15, 0.2) is 0 Å². The first-order chi connectivity index (χ1) is 9.20. The van der Waals surface area contributed by atoms with Gasteiger partial charge in [0.2, 0.25) is 0 Å². The summed E-state index contributed by atoms with van der Waals surface area (Å²) in [6.07, 6.45) is 1.15. The van der Waals surface area contributed by atoms with Crippen molar-refractivity contribution in [1.82, 2.24) is 0 Å². The molecule has 1 unspecified atom stereocenters. The molecule has 0 aromatic heterocycles. The van der Waals surface area contributed by atoms with E-state index in [0.29, 0.717) is 0 Å². The van der Waals surface area contributed by atoms with Crippen molar-refractivity contribution in [3.8, 4) is 5.75 Å². The van der Waals surface area contributed by atoms with Crippen molar-refractivity contribution < 1.29 is 9.47 Å². The molecule has 3 nitrogen and oxygen atoms in total. The predicted octanol–water partition coefficient (Wildman–Crippen LogP) is 4.23. The molecule has 1 N–H and O–H groups in total. The monoisotopic (exact) mass is 277 g/mol. The van der Waals surface area contributed by atoms with Crippen LogP contribution in [0.4, 0.5) is 5.69 Å². The van der Waals surface area contributed by atoms with E-state index in [1.54, 1.807) is 0 Å². The van der Waals surface area contributed by atoms with Crippen LogP contribution in [0.3, 0.4) is 0 Å². The van der Waals surface area contributed by atoms with E-state index in [1.807, 2.05) is 32.0 Å². The van der Waals surface area contributed by atoms with Crippen LogP contribution in [0.1, 0.15) is 48.0 Å². The first-order valence-electron chi connectivity index (χ1n) is 7.42. The van der Waals surface area contributed by atoms with Crippen LogP contribution in [-0.2, 0) is 4.74 Å². The van der Waals surface area contributed by atoms with Gasteiger partial charge in [0, 0.05) is 0 Å². The van der Waals surface area contributed by atoms with Crippen molar-refractivity contribution in [2.75, 3.05) is 5.32 Å². The van der Waals surface area contributed by atoms with Crippen LogP contribution in [0.5, 0.6) is 5.75 Å². The number of nitrogens with one attached hydrogen (secondary N) is 1. The molecule has 2 rings (SSSR count). The SMILES string of the molecule is CC(C)Oc1ccccc1NC1CC(C)(C)OC1(C)C. The van der Waals surface area contributed by atoms with E-state index < -0.39 is 0 Å². The fourth-order valence-corrected chi connectivity index (χ4v) is 2.92. The summed E-state index contributed by atoms with van der Waals surface area (Å²) in [5.74, 6) is 0.906. The number of anilines is 1. The van der Waals surface area contributed by atoms with Gasteiger partial charge in [0.1, 0.15) is 5.75 Å². The molecule has 1 aliphatic heterocycles. The highest BCUT2D eigenvalue weighted by molar-refractivity contribution is 5.57. The van der Waals surface area contributed by atoms with Gasteiger partial charge in [-0.05, 0) is 60.1 Å². The summed E-state index contributed by atoms with van der Waals surface area (Å²) in [5, 5.41) is 3.61. The first kappa shape index (κ1) is 15.2. The third-order valence-electron chi connectivity index (χ3n) is 3.65. The Morgan fingerprint density at radius 3 is 2.40 bits per heavy atom. The number of ether oxygens (including phenoxy) is 2. The normalized spacial score (nSPS) is 23.9. The fourth-order valence-electron chi connectivity index (χ4n) is 2.92. The summed E-state index contributed by atoms with van der Waals surface area (Å²) in [5.41, 5.74) is 0.768. The molecule has 0 radical (unpaired) electrons. The fraction of sp³-hybridized carbons (Fsp3) is 0.647. The topological polar surface area (TPSA) is 30.5 Å².